The standard InChI is InChI=1S/C14H17N3OS/c1-3-17(4-2)13(18)8-12-10-19-14(16-12)11-6-5-7-15-9-11/h5-7,9-10H,3-4,8H2,1-2H3. The molecule has 0 saturated heterocycles. The van der Waals surface area contributed by atoms with E-state index >= 15 is 0 Å². The molecule has 2 heterocycles. The van der Waals surface area contributed by atoms with E-state index < -0.39 is 0 Å². The Morgan fingerprint density at radius 1 is 1.37 bits per heavy atom. The normalized spacial score (nSPS) is 10.4. The van der Waals surface area contributed by atoms with Gasteiger partial charge in [-0.25, -0.2) is 4.98 Å². The summed E-state index contributed by atoms with van der Waals surface area (Å²) in [5.41, 5.74) is 1.83. The Morgan fingerprint density at radius 2 is 2.16 bits per heavy atom. The van der Waals surface area contributed by atoms with E-state index in [9.17, 15) is 4.79 Å². The van der Waals surface area contributed by atoms with Gasteiger partial charge in [-0.1, -0.05) is 0 Å². The predicted molar refractivity (Wildman–Crippen MR) is 77.0 cm³/mol. The molecule has 1 amide bonds. The molecule has 2 rings (SSSR count). The van der Waals surface area contributed by atoms with Gasteiger partial charge >= 0.3 is 0 Å². The number of thiazole rings is 1. The largest absolute Gasteiger partial charge is 0.343 e. The van der Waals surface area contributed by atoms with Gasteiger partial charge in [-0.2, -0.15) is 0 Å². The van der Waals surface area contributed by atoms with Crippen molar-refractivity contribution < 1.29 is 4.79 Å². The van der Waals surface area contributed by atoms with Crippen molar-refractivity contribution in [3.63, 3.8) is 0 Å². The lowest BCUT2D eigenvalue weighted by molar-refractivity contribution is -0.130. The SMILES string of the molecule is CCN(CC)C(=O)Cc1csc(-c2cccnc2)n1. The molecule has 2 aromatic heterocycles. The molecular weight excluding hydrogens is 258 g/mol. The van der Waals surface area contributed by atoms with Crippen LogP contribution in [0.1, 0.15) is 19.5 Å². The van der Waals surface area contributed by atoms with Gasteiger partial charge in [-0.05, 0) is 26.0 Å². The first-order valence-electron chi connectivity index (χ1n) is 6.37. The minimum Gasteiger partial charge on any atom is -0.343 e. The Morgan fingerprint density at radius 3 is 2.79 bits per heavy atom. The van der Waals surface area contributed by atoms with Crippen molar-refractivity contribution in [1.82, 2.24) is 14.9 Å². The molecule has 0 fully saturated rings. The first kappa shape index (κ1) is 13.7. The maximum absolute atomic E-state index is 12.0. The zero-order valence-electron chi connectivity index (χ0n) is 11.2. The van der Waals surface area contributed by atoms with Gasteiger partial charge in [0.2, 0.25) is 5.91 Å². The molecule has 0 aliphatic carbocycles. The Balaban J connectivity index is 2.08. The predicted octanol–water partition coefficient (Wildman–Crippen LogP) is 2.62. The molecule has 0 aliphatic heterocycles. The summed E-state index contributed by atoms with van der Waals surface area (Å²) in [4.78, 5) is 22.4. The first-order valence-corrected chi connectivity index (χ1v) is 7.25. The van der Waals surface area contributed by atoms with Crippen LogP contribution in [0, 0.1) is 0 Å². The molecule has 19 heavy (non-hydrogen) atoms. The van der Waals surface area contributed by atoms with Crippen LogP contribution in [0.4, 0.5) is 0 Å². The highest BCUT2D eigenvalue weighted by Gasteiger charge is 2.13. The number of aromatic nitrogens is 2. The molecule has 0 aliphatic rings. The molecule has 0 saturated carbocycles. The van der Waals surface area contributed by atoms with Crippen molar-refractivity contribution in [3.05, 3.63) is 35.6 Å². The van der Waals surface area contributed by atoms with E-state index in [0.29, 0.717) is 6.42 Å². The Hall–Kier alpha value is -1.75. The summed E-state index contributed by atoms with van der Waals surface area (Å²) in [5.74, 6) is 0.132. The zero-order valence-corrected chi connectivity index (χ0v) is 12.0. The van der Waals surface area contributed by atoms with Crippen molar-refractivity contribution in [3.8, 4) is 10.6 Å². The van der Waals surface area contributed by atoms with Gasteiger partial charge in [-0.15, -0.1) is 11.3 Å². The number of hydrogen-bond acceptors (Lipinski definition) is 4. The second-order valence-electron chi connectivity index (χ2n) is 4.13. The summed E-state index contributed by atoms with van der Waals surface area (Å²) in [7, 11) is 0. The smallest absolute Gasteiger partial charge is 0.228 e. The van der Waals surface area contributed by atoms with Gasteiger partial charge < -0.3 is 4.90 Å². The van der Waals surface area contributed by atoms with E-state index in [1.54, 1.807) is 23.7 Å². The maximum atomic E-state index is 12.0. The van der Waals surface area contributed by atoms with E-state index in [1.165, 1.54) is 0 Å². The van der Waals surface area contributed by atoms with Crippen molar-refractivity contribution >= 4 is 17.2 Å². The molecule has 0 unspecified atom stereocenters. The van der Waals surface area contributed by atoms with Crippen LogP contribution in [0.25, 0.3) is 10.6 Å². The lowest BCUT2D eigenvalue weighted by Crippen LogP contribution is -2.31. The van der Waals surface area contributed by atoms with Crippen LogP contribution in [0.3, 0.4) is 0 Å². The van der Waals surface area contributed by atoms with Crippen molar-refractivity contribution in [2.75, 3.05) is 13.1 Å². The minimum atomic E-state index is 0.132. The van der Waals surface area contributed by atoms with Crippen LogP contribution >= 0.6 is 11.3 Å². The summed E-state index contributed by atoms with van der Waals surface area (Å²) < 4.78 is 0. The molecule has 0 aromatic carbocycles. The summed E-state index contributed by atoms with van der Waals surface area (Å²) in [6.07, 6.45) is 3.90. The molecule has 100 valence electrons. The van der Waals surface area contributed by atoms with E-state index in [0.717, 1.165) is 29.4 Å². The molecule has 0 atom stereocenters. The number of carbonyl (C=O) groups excluding carboxylic acids is 1. The average Bonchev–Trinajstić information content (AvgIpc) is 2.89. The van der Waals surface area contributed by atoms with E-state index in [1.807, 2.05) is 36.3 Å². The third kappa shape index (κ3) is 3.38. The number of rotatable bonds is 5. The van der Waals surface area contributed by atoms with Gasteiger partial charge in [0.1, 0.15) is 5.01 Å². The summed E-state index contributed by atoms with van der Waals surface area (Å²) >= 11 is 1.55. The van der Waals surface area contributed by atoms with Gasteiger partial charge in [0.15, 0.2) is 0 Å². The minimum absolute atomic E-state index is 0.132. The van der Waals surface area contributed by atoms with Crippen molar-refractivity contribution in [1.29, 1.82) is 0 Å². The fraction of sp³-hybridized carbons (Fsp3) is 0.357. The second-order valence-corrected chi connectivity index (χ2v) is 4.99. The van der Waals surface area contributed by atoms with Crippen molar-refractivity contribution in [2.45, 2.75) is 20.3 Å². The lowest BCUT2D eigenvalue weighted by atomic mass is 10.3. The average molecular weight is 275 g/mol. The Kier molecular flexibility index (Phi) is 4.63. The fourth-order valence-corrected chi connectivity index (χ4v) is 2.66. The molecule has 0 spiro atoms. The van der Waals surface area contributed by atoms with Gasteiger partial charge in [0.05, 0.1) is 12.1 Å². The van der Waals surface area contributed by atoms with E-state index in [-0.39, 0.29) is 5.91 Å². The number of nitrogens with zero attached hydrogens (tertiary/aromatic N) is 3. The Labute approximate surface area is 117 Å². The van der Waals surface area contributed by atoms with E-state index in [4.69, 9.17) is 0 Å². The number of likely N-dealkylation sites (N-methyl/N-ethyl adjacent to an activating group) is 1. The molecular formula is C14H17N3OS. The van der Waals surface area contributed by atoms with Gasteiger partial charge in [-0.3, -0.25) is 9.78 Å². The number of hydrogen-bond donors (Lipinski definition) is 0. The molecule has 5 heteroatoms. The number of carbonyl (C=O) groups is 1. The summed E-state index contributed by atoms with van der Waals surface area (Å²) in [5, 5.41) is 2.86. The fourth-order valence-electron chi connectivity index (χ4n) is 1.85. The highest BCUT2D eigenvalue weighted by molar-refractivity contribution is 7.13. The quantitative estimate of drug-likeness (QED) is 0.842. The van der Waals surface area contributed by atoms with Gasteiger partial charge in [0, 0.05) is 36.4 Å². The lowest BCUT2D eigenvalue weighted by Gasteiger charge is -2.17. The number of pyridine rings is 1. The van der Waals surface area contributed by atoms with Crippen LogP contribution in [0.2, 0.25) is 0 Å². The Bertz CT molecular complexity index is 535. The molecule has 2 aromatic rings. The van der Waals surface area contributed by atoms with Crippen LogP contribution in [-0.4, -0.2) is 33.9 Å². The van der Waals surface area contributed by atoms with Crippen LogP contribution in [0.15, 0.2) is 29.9 Å². The van der Waals surface area contributed by atoms with Crippen LogP contribution < -0.4 is 0 Å². The third-order valence-corrected chi connectivity index (χ3v) is 3.85. The monoisotopic (exact) mass is 275 g/mol. The van der Waals surface area contributed by atoms with E-state index in [2.05, 4.69) is 9.97 Å². The molecule has 0 bridgehead atoms. The summed E-state index contributed by atoms with van der Waals surface area (Å²) in [6, 6.07) is 3.86. The number of amides is 1. The highest BCUT2D eigenvalue weighted by Crippen LogP contribution is 2.22. The maximum Gasteiger partial charge on any atom is 0.228 e. The van der Waals surface area contributed by atoms with Crippen LogP contribution in [-0.2, 0) is 11.2 Å². The van der Waals surface area contributed by atoms with Gasteiger partial charge in [0.25, 0.3) is 0 Å². The highest BCUT2D eigenvalue weighted by atomic mass is 32.1. The van der Waals surface area contributed by atoms with Crippen molar-refractivity contribution in [2.24, 2.45) is 0 Å². The molecule has 0 N–H and O–H groups in total. The zero-order chi connectivity index (χ0) is 13.7. The molecule has 4 nitrogen and oxygen atoms in total. The van der Waals surface area contributed by atoms with Crippen LogP contribution in [0.5, 0.6) is 0 Å². The first-order chi connectivity index (χ1) is 9.24. The topological polar surface area (TPSA) is 46.1 Å². The molecule has 0 radical (unpaired) electrons. The third-order valence-electron chi connectivity index (χ3n) is 2.91. The summed E-state index contributed by atoms with van der Waals surface area (Å²) in [6.45, 7) is 5.47. The second kappa shape index (κ2) is 6.43.